The number of fused-ring (bicyclic) bond motifs is 3. The molecule has 0 atom stereocenters. The molecule has 0 bridgehead atoms. The van der Waals surface area contributed by atoms with E-state index in [1.54, 1.807) is 6.20 Å². The summed E-state index contributed by atoms with van der Waals surface area (Å²) in [6.45, 7) is 8.60. The predicted molar refractivity (Wildman–Crippen MR) is 173 cm³/mol. The van der Waals surface area contributed by atoms with Crippen LogP contribution in [0.3, 0.4) is 0 Å². The van der Waals surface area contributed by atoms with Gasteiger partial charge >= 0.3 is 0 Å². The van der Waals surface area contributed by atoms with Gasteiger partial charge in [-0.25, -0.2) is 19.9 Å². The molecule has 4 aromatic heterocycles. The molecule has 0 unspecified atom stereocenters. The van der Waals surface area contributed by atoms with Gasteiger partial charge in [-0.3, -0.25) is 9.97 Å². The van der Waals surface area contributed by atoms with Crippen molar-refractivity contribution in [3.8, 4) is 45.4 Å². The molecule has 6 nitrogen and oxygen atoms in total. The zero-order valence-electron chi connectivity index (χ0n) is 24.6. The summed E-state index contributed by atoms with van der Waals surface area (Å²) in [5.41, 5.74) is 8.55. The molecular weight excluding hydrogens is 528 g/mol. The van der Waals surface area contributed by atoms with Crippen LogP contribution in [0.25, 0.3) is 67.2 Å². The largest absolute Gasteiger partial charge is 0.253 e. The molecule has 7 aromatic rings. The van der Waals surface area contributed by atoms with Crippen molar-refractivity contribution in [3.63, 3.8) is 0 Å². The zero-order valence-corrected chi connectivity index (χ0v) is 24.6. The maximum absolute atomic E-state index is 5.08. The first-order chi connectivity index (χ1) is 20.8. The van der Waals surface area contributed by atoms with Gasteiger partial charge in [0.05, 0.1) is 11.0 Å². The van der Waals surface area contributed by atoms with Gasteiger partial charge in [0, 0.05) is 44.9 Å². The average Bonchev–Trinajstić information content (AvgIpc) is 3.04. The molecule has 0 aliphatic heterocycles. The molecule has 6 heteroatoms. The number of aromatic nitrogens is 6. The smallest absolute Gasteiger partial charge is 0.182 e. The van der Waals surface area contributed by atoms with E-state index in [0.29, 0.717) is 23.2 Å². The Balaban J connectivity index is 1.34. The van der Waals surface area contributed by atoms with Gasteiger partial charge in [-0.15, -0.1) is 0 Å². The molecule has 0 saturated heterocycles. The highest BCUT2D eigenvalue weighted by Gasteiger charge is 2.18. The third kappa shape index (κ3) is 5.12. The van der Waals surface area contributed by atoms with Crippen molar-refractivity contribution in [2.75, 3.05) is 0 Å². The molecule has 0 radical (unpaired) electrons. The fraction of sp³-hybridized carbons (Fsp3) is 0.135. The molecule has 7 rings (SSSR count). The van der Waals surface area contributed by atoms with Crippen molar-refractivity contribution in [3.05, 3.63) is 121 Å². The fourth-order valence-electron chi connectivity index (χ4n) is 5.29. The van der Waals surface area contributed by atoms with Crippen LogP contribution >= 0.6 is 0 Å². The molecule has 43 heavy (non-hydrogen) atoms. The Hall–Kier alpha value is -5.36. The number of nitrogens with zero attached hydrogens (tertiary/aromatic N) is 6. The summed E-state index contributed by atoms with van der Waals surface area (Å²) in [6.07, 6.45) is 1.75. The van der Waals surface area contributed by atoms with Gasteiger partial charge in [0.1, 0.15) is 5.69 Å². The minimum atomic E-state index is -0.0509. The van der Waals surface area contributed by atoms with E-state index in [2.05, 4.69) is 80.4 Å². The molecule has 0 saturated carbocycles. The number of benzene rings is 3. The Labute approximate surface area is 250 Å². The molecular formula is C37H30N6. The van der Waals surface area contributed by atoms with Crippen LogP contribution < -0.4 is 0 Å². The summed E-state index contributed by atoms with van der Waals surface area (Å²) in [7, 11) is 0. The van der Waals surface area contributed by atoms with Crippen LogP contribution in [0, 0.1) is 6.92 Å². The highest BCUT2D eigenvalue weighted by Crippen LogP contribution is 2.34. The second kappa shape index (κ2) is 10.5. The first-order valence-corrected chi connectivity index (χ1v) is 14.4. The van der Waals surface area contributed by atoms with E-state index >= 15 is 0 Å². The lowest BCUT2D eigenvalue weighted by Gasteiger charge is -2.18. The molecule has 0 N–H and O–H groups in total. The lowest BCUT2D eigenvalue weighted by molar-refractivity contribution is 0.571. The third-order valence-electron chi connectivity index (χ3n) is 7.55. The highest BCUT2D eigenvalue weighted by atomic mass is 15.0. The molecule has 4 heterocycles. The lowest BCUT2D eigenvalue weighted by atomic mass is 9.91. The van der Waals surface area contributed by atoms with Crippen molar-refractivity contribution >= 4 is 21.8 Å². The summed E-state index contributed by atoms with van der Waals surface area (Å²) in [5, 5.41) is 2.17. The van der Waals surface area contributed by atoms with Crippen LogP contribution in [0.5, 0.6) is 0 Å². The monoisotopic (exact) mass is 558 g/mol. The molecule has 0 spiro atoms. The highest BCUT2D eigenvalue weighted by molar-refractivity contribution is 6.08. The van der Waals surface area contributed by atoms with Crippen LogP contribution in [0.4, 0.5) is 0 Å². The van der Waals surface area contributed by atoms with Gasteiger partial charge in [0.15, 0.2) is 17.5 Å². The minimum absolute atomic E-state index is 0.0509. The number of aryl methyl sites for hydroxylation is 1. The van der Waals surface area contributed by atoms with Crippen LogP contribution in [-0.4, -0.2) is 29.9 Å². The number of hydrogen-bond acceptors (Lipinski definition) is 6. The maximum Gasteiger partial charge on any atom is 0.182 e. The Morgan fingerprint density at radius 2 is 1.19 bits per heavy atom. The van der Waals surface area contributed by atoms with Gasteiger partial charge < -0.3 is 0 Å². The Morgan fingerprint density at radius 1 is 0.535 bits per heavy atom. The van der Waals surface area contributed by atoms with Gasteiger partial charge in [0.25, 0.3) is 0 Å². The quantitative estimate of drug-likeness (QED) is 0.201. The van der Waals surface area contributed by atoms with Crippen molar-refractivity contribution < 1.29 is 0 Å². The average molecular weight is 559 g/mol. The van der Waals surface area contributed by atoms with Crippen molar-refractivity contribution in [2.24, 2.45) is 0 Å². The fourth-order valence-corrected chi connectivity index (χ4v) is 5.29. The first kappa shape index (κ1) is 26.5. The third-order valence-corrected chi connectivity index (χ3v) is 7.55. The van der Waals surface area contributed by atoms with E-state index in [0.717, 1.165) is 55.4 Å². The van der Waals surface area contributed by atoms with Gasteiger partial charge in [0.2, 0.25) is 0 Å². The summed E-state index contributed by atoms with van der Waals surface area (Å²) in [4.78, 5) is 29.0. The van der Waals surface area contributed by atoms with E-state index in [9.17, 15) is 0 Å². The number of hydrogen-bond donors (Lipinski definition) is 0. The maximum atomic E-state index is 5.08. The van der Waals surface area contributed by atoms with Crippen LogP contribution in [0.2, 0.25) is 0 Å². The molecule has 208 valence electrons. The van der Waals surface area contributed by atoms with Gasteiger partial charge in [-0.05, 0) is 42.3 Å². The second-order valence-electron chi connectivity index (χ2n) is 11.8. The SMILES string of the molecule is Cc1cc(-c2ccc(-c3nc(-c4ccccc4)nc(-c4ccccn4)n3)cc2)c2ccc3ccc(C(C)(C)C)nc3c2n1. The number of pyridine rings is 3. The number of rotatable bonds is 4. The van der Waals surface area contributed by atoms with E-state index in [-0.39, 0.29) is 5.41 Å². The van der Waals surface area contributed by atoms with E-state index < -0.39 is 0 Å². The molecule has 0 fully saturated rings. The van der Waals surface area contributed by atoms with Gasteiger partial charge in [-0.2, -0.15) is 0 Å². The second-order valence-corrected chi connectivity index (χ2v) is 11.8. The first-order valence-electron chi connectivity index (χ1n) is 14.4. The topological polar surface area (TPSA) is 77.3 Å². The van der Waals surface area contributed by atoms with Crippen molar-refractivity contribution in [1.82, 2.24) is 29.9 Å². The summed E-state index contributed by atoms with van der Waals surface area (Å²) >= 11 is 0. The van der Waals surface area contributed by atoms with Crippen molar-refractivity contribution in [1.29, 1.82) is 0 Å². The standard InChI is InChI=1S/C37H30N6/c1-23-22-29(28-19-17-25-18-20-31(37(2,3)4)40-32(25)33(28)39-23)24-13-15-27(16-14-24)35-41-34(26-10-6-5-7-11-26)42-36(43-35)30-12-8-9-21-38-30/h5-22H,1-4H3. The minimum Gasteiger partial charge on any atom is -0.253 e. The summed E-state index contributed by atoms with van der Waals surface area (Å²) in [6, 6.07) is 34.8. The van der Waals surface area contributed by atoms with E-state index in [4.69, 9.17) is 24.9 Å². The van der Waals surface area contributed by atoms with Crippen LogP contribution in [-0.2, 0) is 5.41 Å². The predicted octanol–water partition coefficient (Wildman–Crippen LogP) is 8.64. The van der Waals surface area contributed by atoms with Gasteiger partial charge in [-0.1, -0.05) is 99.6 Å². The lowest BCUT2D eigenvalue weighted by Crippen LogP contribution is -2.13. The van der Waals surface area contributed by atoms with Crippen molar-refractivity contribution in [2.45, 2.75) is 33.1 Å². The molecule has 0 aliphatic rings. The summed E-state index contributed by atoms with van der Waals surface area (Å²) in [5.74, 6) is 1.75. The van der Waals surface area contributed by atoms with Crippen LogP contribution in [0.15, 0.2) is 109 Å². The van der Waals surface area contributed by atoms with E-state index in [1.807, 2.05) is 55.5 Å². The Morgan fingerprint density at radius 3 is 1.88 bits per heavy atom. The molecule has 0 amide bonds. The normalized spacial score (nSPS) is 11.7. The Bertz CT molecular complexity index is 2040. The molecule has 0 aliphatic carbocycles. The Kier molecular flexibility index (Phi) is 6.47. The zero-order chi connectivity index (χ0) is 29.6. The molecule has 3 aromatic carbocycles. The van der Waals surface area contributed by atoms with Crippen LogP contribution in [0.1, 0.15) is 32.2 Å². The van der Waals surface area contributed by atoms with E-state index in [1.165, 1.54) is 0 Å². The summed E-state index contributed by atoms with van der Waals surface area (Å²) < 4.78 is 0.